The summed E-state index contributed by atoms with van der Waals surface area (Å²) >= 11 is 1.36. The third-order valence-corrected chi connectivity index (χ3v) is 6.56. The molecule has 0 aliphatic heterocycles. The van der Waals surface area contributed by atoms with Crippen molar-refractivity contribution in [3.05, 3.63) is 90.0 Å². The number of nitrogens with one attached hydrogen (secondary N) is 2. The Hall–Kier alpha value is -4.39. The molecule has 8 nitrogen and oxygen atoms in total. The summed E-state index contributed by atoms with van der Waals surface area (Å²) in [5.74, 6) is 0.438. The van der Waals surface area contributed by atoms with Gasteiger partial charge in [0.25, 0.3) is 0 Å². The van der Waals surface area contributed by atoms with Gasteiger partial charge < -0.3 is 10.1 Å². The standard InChI is InChI=1S/C29H28F4N6O2S/c1-4-42-28(36-25-13-8-21(30)15-24(25)18(2)3)37-27(40)34-16-19-6-5-7-20(14-19)26-35-17-39(38-26)22-9-11-23(12-10-22)41-29(31,32)33/h5-15,17-18H,4,16H2,1-3H3,(H2,34,36,37,40). The molecule has 0 aliphatic carbocycles. The average Bonchev–Trinajstić information content (AvgIpc) is 3.43. The summed E-state index contributed by atoms with van der Waals surface area (Å²) in [6, 6.07) is 16.5. The van der Waals surface area contributed by atoms with E-state index in [1.807, 2.05) is 32.9 Å². The Kier molecular flexibility index (Phi) is 9.84. The smallest absolute Gasteiger partial charge is 0.406 e. The number of nitrogens with zero attached hydrogens (tertiary/aromatic N) is 4. The van der Waals surface area contributed by atoms with Crippen LogP contribution in [-0.4, -0.2) is 38.1 Å². The number of thioether (sulfide) groups is 1. The molecule has 0 fully saturated rings. The summed E-state index contributed by atoms with van der Waals surface area (Å²) in [6.07, 6.45) is -3.32. The lowest BCUT2D eigenvalue weighted by Crippen LogP contribution is -2.38. The summed E-state index contributed by atoms with van der Waals surface area (Å²) in [6.45, 7) is 6.04. The second kappa shape index (κ2) is 13.5. The molecule has 42 heavy (non-hydrogen) atoms. The van der Waals surface area contributed by atoms with Crippen LogP contribution < -0.4 is 15.4 Å². The van der Waals surface area contributed by atoms with E-state index < -0.39 is 12.4 Å². The van der Waals surface area contributed by atoms with Crippen LogP contribution in [0.2, 0.25) is 0 Å². The van der Waals surface area contributed by atoms with Gasteiger partial charge >= 0.3 is 12.4 Å². The summed E-state index contributed by atoms with van der Waals surface area (Å²) in [7, 11) is 0. The zero-order valence-electron chi connectivity index (χ0n) is 22.9. The Morgan fingerprint density at radius 3 is 2.55 bits per heavy atom. The molecule has 0 aliphatic rings. The van der Waals surface area contributed by atoms with Crippen LogP contribution in [0.3, 0.4) is 0 Å². The second-order valence-corrected chi connectivity index (χ2v) is 10.5. The van der Waals surface area contributed by atoms with Crippen molar-refractivity contribution >= 4 is 28.6 Å². The number of rotatable bonds is 8. The Morgan fingerprint density at radius 1 is 1.10 bits per heavy atom. The number of amidine groups is 1. The quantitative estimate of drug-likeness (QED) is 0.125. The van der Waals surface area contributed by atoms with Gasteiger partial charge in [0.15, 0.2) is 11.0 Å². The summed E-state index contributed by atoms with van der Waals surface area (Å²) < 4.78 is 56.3. The fourth-order valence-electron chi connectivity index (χ4n) is 3.90. The Balaban J connectivity index is 1.40. The molecule has 4 aromatic rings. The second-order valence-electron chi connectivity index (χ2n) is 9.27. The van der Waals surface area contributed by atoms with Gasteiger partial charge in [-0.3, -0.25) is 5.32 Å². The maximum atomic E-state index is 13.8. The van der Waals surface area contributed by atoms with Crippen molar-refractivity contribution < 1.29 is 27.1 Å². The highest BCUT2D eigenvalue weighted by Gasteiger charge is 2.31. The molecule has 0 unspecified atom stereocenters. The molecular formula is C29H28F4N6O2S. The van der Waals surface area contributed by atoms with Gasteiger partial charge in [-0.1, -0.05) is 50.7 Å². The van der Waals surface area contributed by atoms with E-state index in [1.54, 1.807) is 18.2 Å². The van der Waals surface area contributed by atoms with Gasteiger partial charge in [0.2, 0.25) is 0 Å². The van der Waals surface area contributed by atoms with Crippen LogP contribution in [0.25, 0.3) is 17.1 Å². The number of carbonyl (C=O) groups excluding carboxylic acids is 1. The van der Waals surface area contributed by atoms with Crippen molar-refractivity contribution in [3.63, 3.8) is 0 Å². The number of urea groups is 1. The first-order valence-corrected chi connectivity index (χ1v) is 13.9. The maximum absolute atomic E-state index is 13.8. The van der Waals surface area contributed by atoms with E-state index in [9.17, 15) is 22.4 Å². The maximum Gasteiger partial charge on any atom is 0.573 e. The number of hydrogen-bond donors (Lipinski definition) is 2. The number of ether oxygens (including phenoxy) is 1. The van der Waals surface area contributed by atoms with Crippen molar-refractivity contribution in [2.45, 2.75) is 39.6 Å². The van der Waals surface area contributed by atoms with Gasteiger partial charge in [-0.15, -0.1) is 18.3 Å². The molecule has 3 aromatic carbocycles. The highest BCUT2D eigenvalue weighted by atomic mass is 32.2. The van der Waals surface area contributed by atoms with E-state index >= 15 is 0 Å². The van der Waals surface area contributed by atoms with Gasteiger partial charge in [0.05, 0.1) is 11.4 Å². The number of benzene rings is 3. The molecule has 0 bridgehead atoms. The van der Waals surface area contributed by atoms with Crippen molar-refractivity contribution in [2.24, 2.45) is 4.99 Å². The molecule has 1 heterocycles. The first kappa shape index (κ1) is 30.6. The number of carbonyl (C=O) groups is 1. The molecule has 0 spiro atoms. The monoisotopic (exact) mass is 600 g/mol. The largest absolute Gasteiger partial charge is 0.573 e. The predicted octanol–water partition coefficient (Wildman–Crippen LogP) is 7.34. The minimum atomic E-state index is -4.77. The Morgan fingerprint density at radius 2 is 1.86 bits per heavy atom. The molecule has 2 N–H and O–H groups in total. The van der Waals surface area contributed by atoms with Crippen LogP contribution in [0.5, 0.6) is 5.75 Å². The summed E-state index contributed by atoms with van der Waals surface area (Å²) in [5.41, 5.74) is 3.31. The van der Waals surface area contributed by atoms with E-state index in [-0.39, 0.29) is 24.0 Å². The third-order valence-electron chi connectivity index (χ3n) is 5.80. The number of hydrogen-bond acceptors (Lipinski definition) is 6. The molecule has 0 saturated carbocycles. The van der Waals surface area contributed by atoms with Crippen LogP contribution in [0.4, 0.5) is 28.0 Å². The van der Waals surface area contributed by atoms with Crippen LogP contribution in [0, 0.1) is 5.82 Å². The molecule has 2 amide bonds. The lowest BCUT2D eigenvalue weighted by atomic mass is 10.0. The van der Waals surface area contributed by atoms with Crippen LogP contribution in [-0.2, 0) is 6.54 Å². The Bertz CT molecular complexity index is 1550. The predicted molar refractivity (Wildman–Crippen MR) is 155 cm³/mol. The zero-order chi connectivity index (χ0) is 30.3. The van der Waals surface area contributed by atoms with E-state index in [0.29, 0.717) is 33.7 Å². The van der Waals surface area contributed by atoms with Crippen molar-refractivity contribution in [1.82, 2.24) is 25.4 Å². The van der Waals surface area contributed by atoms with Gasteiger partial charge in [-0.2, -0.15) is 0 Å². The van der Waals surface area contributed by atoms with E-state index in [4.69, 9.17) is 0 Å². The van der Waals surface area contributed by atoms with E-state index in [0.717, 1.165) is 11.1 Å². The molecule has 220 valence electrons. The van der Waals surface area contributed by atoms with Crippen molar-refractivity contribution in [1.29, 1.82) is 0 Å². The van der Waals surface area contributed by atoms with Crippen LogP contribution in [0.15, 0.2) is 78.0 Å². The fraction of sp³-hybridized carbons (Fsp3) is 0.241. The van der Waals surface area contributed by atoms with Gasteiger partial charge in [0.1, 0.15) is 17.9 Å². The van der Waals surface area contributed by atoms with Crippen LogP contribution in [0.1, 0.15) is 37.8 Å². The SMILES string of the molecule is CCSC(=Nc1ccc(F)cc1C(C)C)NC(=O)NCc1cccc(-c2ncn(-c3ccc(OC(F)(F)F)cc3)n2)c1. The van der Waals surface area contributed by atoms with E-state index in [1.165, 1.54) is 59.2 Å². The molecule has 4 rings (SSSR count). The third kappa shape index (κ3) is 8.56. The number of aromatic nitrogens is 3. The molecule has 0 atom stereocenters. The normalized spacial score (nSPS) is 12.0. The first-order valence-electron chi connectivity index (χ1n) is 12.9. The molecule has 0 saturated heterocycles. The molecule has 1 aromatic heterocycles. The zero-order valence-corrected chi connectivity index (χ0v) is 23.8. The minimum absolute atomic E-state index is 0.0488. The first-order chi connectivity index (χ1) is 20.0. The van der Waals surface area contributed by atoms with Crippen molar-refractivity contribution in [2.75, 3.05) is 5.75 Å². The molecule has 13 heteroatoms. The number of amides is 2. The number of alkyl halides is 3. The molecular weight excluding hydrogens is 572 g/mol. The number of halogens is 4. The van der Waals surface area contributed by atoms with Crippen molar-refractivity contribution in [3.8, 4) is 22.8 Å². The van der Waals surface area contributed by atoms with E-state index in [2.05, 4.69) is 30.4 Å². The van der Waals surface area contributed by atoms with Gasteiger partial charge in [-0.05, 0) is 71.3 Å². The minimum Gasteiger partial charge on any atom is -0.406 e. The fourth-order valence-corrected chi connectivity index (χ4v) is 4.50. The highest BCUT2D eigenvalue weighted by molar-refractivity contribution is 8.13. The number of aliphatic imine (C=N–C) groups is 1. The van der Waals surface area contributed by atoms with Crippen LogP contribution >= 0.6 is 11.8 Å². The van der Waals surface area contributed by atoms with Gasteiger partial charge in [-0.25, -0.2) is 23.8 Å². The average molecular weight is 601 g/mol. The highest BCUT2D eigenvalue weighted by Crippen LogP contribution is 2.29. The lowest BCUT2D eigenvalue weighted by molar-refractivity contribution is -0.274. The summed E-state index contributed by atoms with van der Waals surface area (Å²) in [4.78, 5) is 21.6. The molecule has 0 radical (unpaired) electrons. The summed E-state index contributed by atoms with van der Waals surface area (Å²) in [5, 5.41) is 10.4. The lowest BCUT2D eigenvalue weighted by Gasteiger charge is -2.13. The van der Waals surface area contributed by atoms with Gasteiger partial charge in [0, 0.05) is 12.1 Å². The topological polar surface area (TPSA) is 93.4 Å². The Labute approximate surface area is 244 Å².